The fraction of sp³-hybridized carbons (Fsp3) is 0.571. The van der Waals surface area contributed by atoms with Gasteiger partial charge in [-0.2, -0.15) is 13.2 Å². The van der Waals surface area contributed by atoms with Crippen LogP contribution in [0.2, 0.25) is 0 Å². The van der Waals surface area contributed by atoms with Crippen LogP contribution in [-0.4, -0.2) is 51.5 Å². The average Bonchev–Trinajstić information content (AvgIpc) is 2.47. The van der Waals surface area contributed by atoms with Crippen molar-refractivity contribution in [2.45, 2.75) is 12.2 Å². The first-order valence-electron chi connectivity index (χ1n) is 6.70. The van der Waals surface area contributed by atoms with Crippen molar-refractivity contribution >= 4 is 24.8 Å². The summed E-state index contributed by atoms with van der Waals surface area (Å²) in [7, 11) is 2.83. The molecule has 4 nitrogen and oxygen atoms in total. The van der Waals surface area contributed by atoms with Gasteiger partial charge in [-0.15, -0.1) is 24.8 Å². The van der Waals surface area contributed by atoms with E-state index >= 15 is 0 Å². The predicted octanol–water partition coefficient (Wildman–Crippen LogP) is 3.06. The number of piperazine rings is 1. The maximum atomic E-state index is 13.5. The van der Waals surface area contributed by atoms with E-state index in [9.17, 15) is 13.2 Å². The van der Waals surface area contributed by atoms with E-state index in [2.05, 4.69) is 5.32 Å². The first-order chi connectivity index (χ1) is 9.97. The molecule has 1 aliphatic rings. The average molecular weight is 377 g/mol. The monoisotopic (exact) mass is 376 g/mol. The Morgan fingerprint density at radius 2 is 1.70 bits per heavy atom. The zero-order chi connectivity index (χ0) is 15.5. The van der Waals surface area contributed by atoms with Gasteiger partial charge in [-0.3, -0.25) is 4.90 Å². The van der Waals surface area contributed by atoms with E-state index in [4.69, 9.17) is 9.47 Å². The first kappa shape index (κ1) is 22.1. The zero-order valence-corrected chi connectivity index (χ0v) is 14.5. The molecular formula is C14H21Cl2F3N2O2. The Hall–Kier alpha value is -0.890. The van der Waals surface area contributed by atoms with Gasteiger partial charge in [-0.05, 0) is 12.1 Å². The molecular weight excluding hydrogens is 356 g/mol. The van der Waals surface area contributed by atoms with Crippen molar-refractivity contribution in [1.29, 1.82) is 0 Å². The largest absolute Gasteiger partial charge is 0.497 e. The van der Waals surface area contributed by atoms with Crippen LogP contribution in [0.4, 0.5) is 13.2 Å². The minimum absolute atomic E-state index is 0. The Bertz CT molecular complexity index is 484. The van der Waals surface area contributed by atoms with Gasteiger partial charge in [0, 0.05) is 37.8 Å². The summed E-state index contributed by atoms with van der Waals surface area (Å²) >= 11 is 0. The molecule has 0 amide bonds. The van der Waals surface area contributed by atoms with Gasteiger partial charge in [-0.1, -0.05) is 0 Å². The Morgan fingerprint density at radius 3 is 2.17 bits per heavy atom. The van der Waals surface area contributed by atoms with Gasteiger partial charge in [0.15, 0.2) is 0 Å². The van der Waals surface area contributed by atoms with Gasteiger partial charge in [0.25, 0.3) is 0 Å². The van der Waals surface area contributed by atoms with Gasteiger partial charge in [0.1, 0.15) is 17.5 Å². The van der Waals surface area contributed by atoms with Gasteiger partial charge >= 0.3 is 6.18 Å². The van der Waals surface area contributed by atoms with E-state index in [0.29, 0.717) is 31.9 Å². The number of halogens is 5. The minimum atomic E-state index is -4.36. The van der Waals surface area contributed by atoms with Crippen molar-refractivity contribution in [1.82, 2.24) is 10.2 Å². The molecule has 23 heavy (non-hydrogen) atoms. The molecule has 0 unspecified atom stereocenters. The van der Waals surface area contributed by atoms with Crippen LogP contribution in [-0.2, 0) is 0 Å². The summed E-state index contributed by atoms with van der Waals surface area (Å²) < 4.78 is 50.8. The van der Waals surface area contributed by atoms with Crippen molar-refractivity contribution in [3.63, 3.8) is 0 Å². The molecule has 0 saturated carbocycles. The fourth-order valence-corrected chi connectivity index (χ4v) is 2.56. The smallest absolute Gasteiger partial charge is 0.408 e. The standard InChI is InChI=1S/C14H19F3N2O2.2ClH/c1-20-10-3-4-11(12(9-10)21-2)13(14(15,16)17)19-7-5-18-6-8-19;;/h3-4,9,13,18H,5-8H2,1-2H3;2*1H/t13-;;/m0../s1. The molecule has 0 spiro atoms. The Labute approximate surface area is 146 Å². The van der Waals surface area contributed by atoms with Crippen LogP contribution in [0.3, 0.4) is 0 Å². The number of hydrogen-bond acceptors (Lipinski definition) is 4. The topological polar surface area (TPSA) is 33.7 Å². The van der Waals surface area contributed by atoms with Gasteiger partial charge in [-0.25, -0.2) is 0 Å². The number of benzene rings is 1. The third-order valence-electron chi connectivity index (χ3n) is 3.56. The summed E-state index contributed by atoms with van der Waals surface area (Å²) in [4.78, 5) is 1.43. The normalized spacial score (nSPS) is 16.7. The highest BCUT2D eigenvalue weighted by atomic mass is 35.5. The fourth-order valence-electron chi connectivity index (χ4n) is 2.56. The number of rotatable bonds is 4. The van der Waals surface area contributed by atoms with E-state index in [-0.39, 0.29) is 36.1 Å². The molecule has 0 aliphatic carbocycles. The van der Waals surface area contributed by atoms with Gasteiger partial charge < -0.3 is 14.8 Å². The molecule has 0 bridgehead atoms. The Morgan fingerprint density at radius 1 is 1.09 bits per heavy atom. The number of nitrogens with zero attached hydrogens (tertiary/aromatic N) is 1. The van der Waals surface area contributed by atoms with Crippen molar-refractivity contribution < 1.29 is 22.6 Å². The van der Waals surface area contributed by atoms with Crippen LogP contribution < -0.4 is 14.8 Å². The number of alkyl halides is 3. The first-order valence-corrected chi connectivity index (χ1v) is 6.70. The van der Waals surface area contributed by atoms with E-state index in [1.807, 2.05) is 0 Å². The lowest BCUT2D eigenvalue weighted by Crippen LogP contribution is -2.49. The molecule has 134 valence electrons. The molecule has 1 aromatic carbocycles. The van der Waals surface area contributed by atoms with Gasteiger partial charge in [0.05, 0.1) is 14.2 Å². The van der Waals surface area contributed by atoms with Crippen molar-refractivity contribution in [3.05, 3.63) is 23.8 Å². The lowest BCUT2D eigenvalue weighted by atomic mass is 10.0. The summed E-state index contributed by atoms with van der Waals surface area (Å²) in [6.45, 7) is 1.79. The lowest BCUT2D eigenvalue weighted by Gasteiger charge is -2.36. The number of hydrogen-bond donors (Lipinski definition) is 1. The highest BCUT2D eigenvalue weighted by molar-refractivity contribution is 5.85. The summed E-state index contributed by atoms with van der Waals surface area (Å²) in [5, 5.41) is 3.06. The lowest BCUT2D eigenvalue weighted by molar-refractivity contribution is -0.188. The van der Waals surface area contributed by atoms with E-state index in [1.165, 1.54) is 37.3 Å². The number of ether oxygens (including phenoxy) is 2. The highest BCUT2D eigenvalue weighted by Gasteiger charge is 2.46. The van der Waals surface area contributed by atoms with E-state index in [1.54, 1.807) is 0 Å². The van der Waals surface area contributed by atoms with E-state index in [0.717, 1.165) is 0 Å². The second kappa shape index (κ2) is 9.42. The SMILES string of the molecule is COc1ccc([C@H](N2CCNCC2)C(F)(F)F)c(OC)c1.Cl.Cl. The van der Waals surface area contributed by atoms with Crippen LogP contribution in [0.15, 0.2) is 18.2 Å². The van der Waals surface area contributed by atoms with Crippen LogP contribution >= 0.6 is 24.8 Å². The Balaban J connectivity index is 0.00000242. The van der Waals surface area contributed by atoms with Crippen molar-refractivity contribution in [2.75, 3.05) is 40.4 Å². The molecule has 1 atom stereocenters. The third-order valence-corrected chi connectivity index (χ3v) is 3.56. The summed E-state index contributed by atoms with van der Waals surface area (Å²) in [5.41, 5.74) is 0.118. The van der Waals surface area contributed by atoms with Crippen LogP contribution in [0.25, 0.3) is 0 Å². The van der Waals surface area contributed by atoms with Crippen LogP contribution in [0, 0.1) is 0 Å². The highest BCUT2D eigenvalue weighted by Crippen LogP contribution is 2.42. The quantitative estimate of drug-likeness (QED) is 0.875. The molecule has 9 heteroatoms. The van der Waals surface area contributed by atoms with Crippen LogP contribution in [0.1, 0.15) is 11.6 Å². The number of methoxy groups -OCH3 is 2. The summed E-state index contributed by atoms with van der Waals surface area (Å²) in [6.07, 6.45) is -4.36. The van der Waals surface area contributed by atoms with Crippen molar-refractivity contribution in [3.8, 4) is 11.5 Å². The molecule has 1 fully saturated rings. The predicted molar refractivity (Wildman–Crippen MR) is 87.3 cm³/mol. The maximum absolute atomic E-state index is 13.5. The molecule has 0 radical (unpaired) electrons. The summed E-state index contributed by atoms with van der Waals surface area (Å²) in [6, 6.07) is 2.77. The molecule has 1 saturated heterocycles. The van der Waals surface area contributed by atoms with Crippen molar-refractivity contribution in [2.24, 2.45) is 0 Å². The molecule has 0 aromatic heterocycles. The maximum Gasteiger partial charge on any atom is 0.408 e. The minimum Gasteiger partial charge on any atom is -0.497 e. The molecule has 1 aliphatic heterocycles. The molecule has 1 aromatic rings. The van der Waals surface area contributed by atoms with Crippen LogP contribution in [0.5, 0.6) is 11.5 Å². The number of nitrogens with one attached hydrogen (secondary N) is 1. The summed E-state index contributed by atoms with van der Waals surface area (Å²) in [5.74, 6) is 0.659. The van der Waals surface area contributed by atoms with E-state index < -0.39 is 12.2 Å². The molecule has 2 rings (SSSR count). The van der Waals surface area contributed by atoms with Gasteiger partial charge in [0.2, 0.25) is 0 Å². The molecule has 1 heterocycles. The zero-order valence-electron chi connectivity index (χ0n) is 12.9. The third kappa shape index (κ3) is 5.31. The molecule has 1 N–H and O–H groups in total. The second-order valence-electron chi connectivity index (χ2n) is 4.84. The second-order valence-corrected chi connectivity index (χ2v) is 4.84. The Kier molecular flexibility index (Phi) is 9.05.